The summed E-state index contributed by atoms with van der Waals surface area (Å²) in [4.78, 5) is 33.4. The minimum absolute atomic E-state index is 0.0528. The summed E-state index contributed by atoms with van der Waals surface area (Å²) in [7, 11) is -3.94. The van der Waals surface area contributed by atoms with E-state index in [0.29, 0.717) is 6.61 Å². The highest BCUT2D eigenvalue weighted by atomic mass is 32.2. The fourth-order valence-corrected chi connectivity index (χ4v) is 7.62. The van der Waals surface area contributed by atoms with Gasteiger partial charge < -0.3 is 20.3 Å². The zero-order valence-electron chi connectivity index (χ0n) is 22.8. The Hall–Kier alpha value is -4.06. The molecule has 216 valence electrons. The second kappa shape index (κ2) is 12.0. The van der Waals surface area contributed by atoms with Gasteiger partial charge in [0.15, 0.2) is 0 Å². The molecule has 4 aromatic rings. The number of thiazole rings is 1. The molecule has 0 unspecified atom stereocenters. The topological polar surface area (TPSA) is 118 Å². The molecule has 1 fully saturated rings. The molecule has 0 spiro atoms. The lowest BCUT2D eigenvalue weighted by molar-refractivity contribution is 0.0949. The molecule has 0 atom stereocenters. The lowest BCUT2D eigenvalue weighted by atomic mass is 10.1. The van der Waals surface area contributed by atoms with Crippen LogP contribution in [-0.2, 0) is 16.4 Å². The molecule has 2 N–H and O–H groups in total. The molecule has 3 heterocycles. The van der Waals surface area contributed by atoms with Gasteiger partial charge in [-0.15, -0.1) is 11.3 Å². The van der Waals surface area contributed by atoms with Gasteiger partial charge in [-0.3, -0.25) is 9.59 Å². The Kier molecular flexibility index (Phi) is 8.05. The Bertz CT molecular complexity index is 1730. The second-order valence-electron chi connectivity index (χ2n) is 10.3. The van der Waals surface area contributed by atoms with Crippen molar-refractivity contribution in [2.24, 2.45) is 0 Å². The van der Waals surface area contributed by atoms with Crippen LogP contribution in [0.2, 0.25) is 0 Å². The number of anilines is 1. The third kappa shape index (κ3) is 5.94. The van der Waals surface area contributed by atoms with Crippen LogP contribution in [0.25, 0.3) is 10.6 Å². The number of benzene rings is 3. The van der Waals surface area contributed by atoms with Crippen LogP contribution in [0.4, 0.5) is 5.69 Å². The SMILES string of the molecule is O=C(NCc1cnc(-c2ccc(OCCCN3CCCC3)cc2)s1)c1ccc2c(c1)NC(=O)c1ccccc1S2(=O)=O. The molecular weight excluding hydrogens is 572 g/mol. The van der Waals surface area contributed by atoms with Crippen molar-refractivity contribution in [3.8, 4) is 16.3 Å². The average molecular weight is 603 g/mol. The normalized spacial score (nSPS) is 15.8. The number of rotatable bonds is 9. The van der Waals surface area contributed by atoms with E-state index in [2.05, 4.69) is 20.5 Å². The molecule has 2 aliphatic heterocycles. The Labute approximate surface area is 248 Å². The molecule has 11 heteroatoms. The van der Waals surface area contributed by atoms with E-state index in [1.165, 1.54) is 67.6 Å². The van der Waals surface area contributed by atoms with Crippen molar-refractivity contribution in [1.29, 1.82) is 0 Å². The fraction of sp³-hybridized carbons (Fsp3) is 0.258. The Morgan fingerprint density at radius 1 is 1.02 bits per heavy atom. The van der Waals surface area contributed by atoms with Crippen LogP contribution in [0.3, 0.4) is 0 Å². The number of nitrogens with zero attached hydrogens (tertiary/aromatic N) is 2. The van der Waals surface area contributed by atoms with E-state index in [1.54, 1.807) is 18.3 Å². The summed E-state index contributed by atoms with van der Waals surface area (Å²) in [5, 5.41) is 6.32. The van der Waals surface area contributed by atoms with Gasteiger partial charge in [0.25, 0.3) is 11.8 Å². The average Bonchev–Trinajstić information content (AvgIpc) is 3.69. The van der Waals surface area contributed by atoms with Crippen LogP contribution < -0.4 is 15.4 Å². The maximum atomic E-state index is 13.2. The minimum Gasteiger partial charge on any atom is -0.494 e. The Morgan fingerprint density at radius 3 is 2.62 bits per heavy atom. The molecule has 42 heavy (non-hydrogen) atoms. The van der Waals surface area contributed by atoms with Crippen molar-refractivity contribution < 1.29 is 22.7 Å². The van der Waals surface area contributed by atoms with E-state index in [4.69, 9.17) is 4.74 Å². The first-order valence-electron chi connectivity index (χ1n) is 13.9. The van der Waals surface area contributed by atoms with Gasteiger partial charge in [-0.2, -0.15) is 0 Å². The minimum atomic E-state index is -3.94. The first-order chi connectivity index (χ1) is 20.4. The smallest absolute Gasteiger partial charge is 0.257 e. The number of fused-ring (bicyclic) bond motifs is 2. The molecule has 0 saturated carbocycles. The van der Waals surface area contributed by atoms with E-state index < -0.39 is 21.7 Å². The maximum absolute atomic E-state index is 13.2. The van der Waals surface area contributed by atoms with Crippen LogP contribution in [0.15, 0.2) is 82.7 Å². The summed E-state index contributed by atoms with van der Waals surface area (Å²) in [6, 6.07) is 18.1. The van der Waals surface area contributed by atoms with E-state index in [0.717, 1.165) is 34.2 Å². The van der Waals surface area contributed by atoms with E-state index in [-0.39, 0.29) is 33.2 Å². The summed E-state index contributed by atoms with van der Waals surface area (Å²) in [5.41, 5.74) is 1.33. The van der Waals surface area contributed by atoms with Gasteiger partial charge >= 0.3 is 0 Å². The fourth-order valence-electron chi connectivity index (χ4n) is 5.17. The Morgan fingerprint density at radius 2 is 1.81 bits per heavy atom. The van der Waals surface area contributed by atoms with Crippen LogP contribution in [0, 0.1) is 0 Å². The molecular formula is C31H30N4O5S2. The third-order valence-electron chi connectivity index (χ3n) is 7.36. The van der Waals surface area contributed by atoms with Crippen LogP contribution in [0.5, 0.6) is 5.75 Å². The number of carbonyl (C=O) groups is 2. The predicted octanol–water partition coefficient (Wildman–Crippen LogP) is 5.00. The van der Waals surface area contributed by atoms with Crippen molar-refractivity contribution in [3.05, 3.63) is 88.9 Å². The third-order valence-corrected chi connectivity index (χ3v) is 10.3. The number of sulfone groups is 1. The predicted molar refractivity (Wildman–Crippen MR) is 161 cm³/mol. The standard InChI is InChI=1S/C31H30N4O5S2/c36-29(22-10-13-28-26(18-22)34-30(37)25-6-1-2-7-27(25)42(28,38)39)32-19-24-20-33-31(41-24)21-8-11-23(12-9-21)40-17-5-16-35-14-3-4-15-35/h1-2,6-13,18,20H,3-5,14-17,19H2,(H,32,36)(H,34,37). The molecule has 1 aromatic heterocycles. The van der Waals surface area contributed by atoms with Crippen molar-refractivity contribution in [2.45, 2.75) is 35.6 Å². The first kappa shape index (κ1) is 28.1. The van der Waals surface area contributed by atoms with Gasteiger partial charge in [-0.1, -0.05) is 12.1 Å². The van der Waals surface area contributed by atoms with E-state index in [1.807, 2.05) is 24.3 Å². The first-order valence-corrected chi connectivity index (χ1v) is 16.2. The van der Waals surface area contributed by atoms with Gasteiger partial charge in [-0.05, 0) is 86.9 Å². The molecule has 2 aliphatic rings. The highest BCUT2D eigenvalue weighted by Gasteiger charge is 2.31. The van der Waals surface area contributed by atoms with Gasteiger partial charge in [0.2, 0.25) is 9.84 Å². The van der Waals surface area contributed by atoms with Crippen LogP contribution >= 0.6 is 11.3 Å². The monoisotopic (exact) mass is 602 g/mol. The molecule has 0 radical (unpaired) electrons. The summed E-state index contributed by atoms with van der Waals surface area (Å²) in [6.07, 6.45) is 5.33. The summed E-state index contributed by atoms with van der Waals surface area (Å²) < 4.78 is 32.3. The number of amides is 2. The second-order valence-corrected chi connectivity index (χ2v) is 13.3. The van der Waals surface area contributed by atoms with Crippen molar-refractivity contribution >= 4 is 38.7 Å². The number of ether oxygens (including phenoxy) is 1. The molecule has 6 rings (SSSR count). The van der Waals surface area contributed by atoms with Gasteiger partial charge in [-0.25, -0.2) is 13.4 Å². The molecule has 2 amide bonds. The molecule has 9 nitrogen and oxygen atoms in total. The number of aromatic nitrogens is 1. The number of hydrogen-bond donors (Lipinski definition) is 2. The summed E-state index contributed by atoms with van der Waals surface area (Å²) >= 11 is 1.47. The molecule has 3 aromatic carbocycles. The van der Waals surface area contributed by atoms with Crippen molar-refractivity contribution in [2.75, 3.05) is 31.6 Å². The number of nitrogens with one attached hydrogen (secondary N) is 2. The zero-order chi connectivity index (χ0) is 29.1. The number of carbonyl (C=O) groups excluding carboxylic acids is 2. The molecule has 0 aliphatic carbocycles. The largest absolute Gasteiger partial charge is 0.494 e. The highest BCUT2D eigenvalue weighted by molar-refractivity contribution is 7.91. The quantitative estimate of drug-likeness (QED) is 0.259. The van der Waals surface area contributed by atoms with E-state index >= 15 is 0 Å². The Balaban J connectivity index is 1.05. The van der Waals surface area contributed by atoms with Crippen molar-refractivity contribution in [3.63, 3.8) is 0 Å². The van der Waals surface area contributed by atoms with Gasteiger partial charge in [0, 0.05) is 28.7 Å². The summed E-state index contributed by atoms with van der Waals surface area (Å²) in [5.74, 6) is -0.106. The van der Waals surface area contributed by atoms with Crippen LogP contribution in [0.1, 0.15) is 44.9 Å². The van der Waals surface area contributed by atoms with Gasteiger partial charge in [0.1, 0.15) is 10.8 Å². The van der Waals surface area contributed by atoms with Crippen LogP contribution in [-0.4, -0.2) is 56.4 Å². The van der Waals surface area contributed by atoms with E-state index in [9.17, 15) is 18.0 Å². The number of hydrogen-bond acceptors (Lipinski definition) is 8. The zero-order valence-corrected chi connectivity index (χ0v) is 24.5. The van der Waals surface area contributed by atoms with Crippen molar-refractivity contribution in [1.82, 2.24) is 15.2 Å². The maximum Gasteiger partial charge on any atom is 0.257 e. The van der Waals surface area contributed by atoms with Gasteiger partial charge in [0.05, 0.1) is 34.2 Å². The highest BCUT2D eigenvalue weighted by Crippen LogP contribution is 2.34. The lowest BCUT2D eigenvalue weighted by Gasteiger charge is -2.14. The lowest BCUT2D eigenvalue weighted by Crippen LogP contribution is -2.22. The summed E-state index contributed by atoms with van der Waals surface area (Å²) in [6.45, 7) is 4.42. The molecule has 0 bridgehead atoms. The molecule has 1 saturated heterocycles. The number of likely N-dealkylation sites (tertiary alicyclic amines) is 1.